The van der Waals surface area contributed by atoms with Gasteiger partial charge < -0.3 is 14.0 Å². The Morgan fingerprint density at radius 1 is 1.09 bits per heavy atom. The molecule has 0 amide bonds. The van der Waals surface area contributed by atoms with Crippen LogP contribution in [0, 0.1) is 6.92 Å². The third kappa shape index (κ3) is 4.76. The number of nitrogens with zero attached hydrogens (tertiary/aromatic N) is 5. The number of aryl methyl sites for hydroxylation is 2. The van der Waals surface area contributed by atoms with Gasteiger partial charge in [-0.2, -0.15) is 0 Å². The molecule has 1 saturated heterocycles. The number of halogens is 2. The molecule has 1 aliphatic heterocycles. The highest BCUT2D eigenvalue weighted by atomic mass is 19.3. The fourth-order valence-corrected chi connectivity index (χ4v) is 5.10. The minimum Gasteiger partial charge on any atom is -0.480 e. The fourth-order valence-electron chi connectivity index (χ4n) is 5.10. The van der Waals surface area contributed by atoms with Crippen LogP contribution in [0.2, 0.25) is 0 Å². The van der Waals surface area contributed by atoms with E-state index in [0.29, 0.717) is 60.1 Å². The quantitative estimate of drug-likeness (QED) is 0.542. The van der Waals surface area contributed by atoms with E-state index in [-0.39, 0.29) is 36.3 Å². The van der Waals surface area contributed by atoms with Gasteiger partial charge in [0.25, 0.3) is 0 Å². The van der Waals surface area contributed by atoms with Gasteiger partial charge in [0.15, 0.2) is 5.65 Å². The molecule has 0 bridgehead atoms. The van der Waals surface area contributed by atoms with Gasteiger partial charge >= 0.3 is 0 Å². The number of hydrogen-bond donors (Lipinski definition) is 0. The SMILES string of the molecule is COc1nc2c(C3CCC(F)(F)CC3)nc([C@H]3CCO[C@@H](c4ccc(=O)n(C)c4)C3)nc2nc1C. The molecule has 2 atom stereocenters. The molecule has 1 saturated carbocycles. The summed E-state index contributed by atoms with van der Waals surface area (Å²) in [6, 6.07) is 3.34. The standard InChI is InChI=1S/C25H29F2N5O3/c1-14-24(34-3)30-21-20(15-6-9-25(26,27)10-7-15)29-22(31-23(21)28-14)16-8-11-35-18(12-16)17-4-5-19(33)32(2)13-17/h4-5,13,15-16,18H,6-12H2,1-3H3/t16-,18+/m0/s1. The molecular formula is C25H29F2N5O3. The second kappa shape index (κ2) is 9.22. The van der Waals surface area contributed by atoms with Gasteiger partial charge in [0.2, 0.25) is 17.4 Å². The van der Waals surface area contributed by atoms with Crippen molar-refractivity contribution >= 4 is 11.2 Å². The molecule has 4 heterocycles. The first-order chi connectivity index (χ1) is 16.7. The van der Waals surface area contributed by atoms with Gasteiger partial charge in [0.05, 0.1) is 18.9 Å². The number of methoxy groups -OCH3 is 1. The van der Waals surface area contributed by atoms with Crippen LogP contribution in [0.3, 0.4) is 0 Å². The lowest BCUT2D eigenvalue weighted by atomic mass is 9.84. The lowest BCUT2D eigenvalue weighted by Crippen LogP contribution is -2.26. The minimum atomic E-state index is -2.63. The van der Waals surface area contributed by atoms with E-state index >= 15 is 0 Å². The first kappa shape index (κ1) is 23.7. The summed E-state index contributed by atoms with van der Waals surface area (Å²) in [4.78, 5) is 30.8. The van der Waals surface area contributed by atoms with Crippen molar-refractivity contribution in [1.29, 1.82) is 0 Å². The Kier molecular flexibility index (Phi) is 6.25. The Hall–Kier alpha value is -3.01. The Balaban J connectivity index is 1.53. The summed E-state index contributed by atoms with van der Waals surface area (Å²) >= 11 is 0. The maximum atomic E-state index is 13.9. The summed E-state index contributed by atoms with van der Waals surface area (Å²) in [6.45, 7) is 2.33. The molecule has 0 aromatic carbocycles. The van der Waals surface area contributed by atoms with Crippen molar-refractivity contribution in [3.63, 3.8) is 0 Å². The second-order valence-corrected chi connectivity index (χ2v) is 9.58. The van der Waals surface area contributed by atoms with Crippen molar-refractivity contribution in [1.82, 2.24) is 24.5 Å². The van der Waals surface area contributed by atoms with Crippen molar-refractivity contribution in [2.75, 3.05) is 13.7 Å². The van der Waals surface area contributed by atoms with Gasteiger partial charge in [-0.25, -0.2) is 28.7 Å². The number of ether oxygens (including phenoxy) is 2. The van der Waals surface area contributed by atoms with Gasteiger partial charge in [0.1, 0.15) is 17.0 Å². The Labute approximate surface area is 201 Å². The van der Waals surface area contributed by atoms with Crippen LogP contribution in [-0.4, -0.2) is 44.1 Å². The number of alkyl halides is 2. The van der Waals surface area contributed by atoms with E-state index in [2.05, 4.69) is 9.97 Å². The van der Waals surface area contributed by atoms with Crippen LogP contribution in [0.4, 0.5) is 8.78 Å². The van der Waals surface area contributed by atoms with Crippen molar-refractivity contribution in [3.8, 4) is 5.88 Å². The van der Waals surface area contributed by atoms with Gasteiger partial charge in [0, 0.05) is 50.6 Å². The van der Waals surface area contributed by atoms with Crippen LogP contribution >= 0.6 is 0 Å². The van der Waals surface area contributed by atoms with Crippen molar-refractivity contribution < 1.29 is 18.3 Å². The molecule has 3 aromatic rings. The maximum Gasteiger partial charge on any atom is 0.250 e. The van der Waals surface area contributed by atoms with Crippen LogP contribution in [-0.2, 0) is 11.8 Å². The summed E-state index contributed by atoms with van der Waals surface area (Å²) in [5.74, 6) is -1.74. The van der Waals surface area contributed by atoms with Crippen molar-refractivity contribution in [2.45, 2.75) is 69.3 Å². The topological polar surface area (TPSA) is 92.0 Å². The maximum absolute atomic E-state index is 13.9. The van der Waals surface area contributed by atoms with Crippen LogP contribution in [0.15, 0.2) is 23.1 Å². The summed E-state index contributed by atoms with van der Waals surface area (Å²) in [5.41, 5.74) is 3.12. The fraction of sp³-hybridized carbons (Fsp3) is 0.560. The zero-order chi connectivity index (χ0) is 24.7. The molecule has 186 valence electrons. The van der Waals surface area contributed by atoms with Gasteiger partial charge in [-0.1, -0.05) is 0 Å². The van der Waals surface area contributed by atoms with E-state index in [1.54, 1.807) is 26.2 Å². The van der Waals surface area contributed by atoms with Crippen molar-refractivity contribution in [2.24, 2.45) is 7.05 Å². The number of fused-ring (bicyclic) bond motifs is 1. The molecule has 35 heavy (non-hydrogen) atoms. The highest BCUT2D eigenvalue weighted by Crippen LogP contribution is 2.43. The van der Waals surface area contributed by atoms with Crippen molar-refractivity contribution in [3.05, 3.63) is 51.5 Å². The average Bonchev–Trinajstić information content (AvgIpc) is 2.85. The molecular weight excluding hydrogens is 456 g/mol. The number of pyridine rings is 1. The van der Waals surface area contributed by atoms with E-state index in [9.17, 15) is 13.6 Å². The summed E-state index contributed by atoms with van der Waals surface area (Å²) in [6.07, 6.45) is 3.33. The van der Waals surface area contributed by atoms with E-state index in [0.717, 1.165) is 12.0 Å². The average molecular weight is 486 g/mol. The third-order valence-corrected chi connectivity index (χ3v) is 7.13. The van der Waals surface area contributed by atoms with Crippen LogP contribution < -0.4 is 10.3 Å². The molecule has 5 rings (SSSR count). The molecule has 0 spiro atoms. The molecule has 8 nitrogen and oxygen atoms in total. The largest absolute Gasteiger partial charge is 0.480 e. The predicted octanol–water partition coefficient (Wildman–Crippen LogP) is 4.36. The van der Waals surface area contributed by atoms with E-state index < -0.39 is 5.92 Å². The molecule has 10 heteroatoms. The Morgan fingerprint density at radius 3 is 2.57 bits per heavy atom. The molecule has 2 aliphatic rings. The monoisotopic (exact) mass is 485 g/mol. The molecule has 0 radical (unpaired) electrons. The molecule has 0 unspecified atom stereocenters. The van der Waals surface area contributed by atoms with E-state index in [1.165, 1.54) is 17.7 Å². The Morgan fingerprint density at radius 2 is 1.86 bits per heavy atom. The summed E-state index contributed by atoms with van der Waals surface area (Å²) < 4.78 is 40.7. The second-order valence-electron chi connectivity index (χ2n) is 9.58. The smallest absolute Gasteiger partial charge is 0.250 e. The van der Waals surface area contributed by atoms with Gasteiger partial charge in [-0.3, -0.25) is 4.79 Å². The first-order valence-corrected chi connectivity index (χ1v) is 12.0. The van der Waals surface area contributed by atoms with E-state index in [4.69, 9.17) is 19.4 Å². The predicted molar refractivity (Wildman–Crippen MR) is 125 cm³/mol. The zero-order valence-electron chi connectivity index (χ0n) is 20.1. The lowest BCUT2D eigenvalue weighted by molar-refractivity contribution is -0.0384. The molecule has 1 aliphatic carbocycles. The van der Waals surface area contributed by atoms with Crippen LogP contribution in [0.5, 0.6) is 5.88 Å². The third-order valence-electron chi connectivity index (χ3n) is 7.13. The minimum absolute atomic E-state index is 0.00312. The lowest BCUT2D eigenvalue weighted by Gasteiger charge is -2.31. The first-order valence-electron chi connectivity index (χ1n) is 12.0. The van der Waals surface area contributed by atoms with E-state index in [1.807, 2.05) is 0 Å². The normalized spacial score (nSPS) is 22.9. The molecule has 3 aromatic heterocycles. The number of rotatable bonds is 4. The number of aromatic nitrogens is 5. The van der Waals surface area contributed by atoms with Gasteiger partial charge in [-0.05, 0) is 44.2 Å². The molecule has 0 N–H and O–H groups in total. The number of hydrogen-bond acceptors (Lipinski definition) is 7. The Bertz CT molecular complexity index is 1300. The summed E-state index contributed by atoms with van der Waals surface area (Å²) in [5, 5.41) is 0. The zero-order valence-corrected chi connectivity index (χ0v) is 20.1. The van der Waals surface area contributed by atoms with Crippen LogP contribution in [0.25, 0.3) is 11.2 Å². The van der Waals surface area contributed by atoms with Crippen LogP contribution in [0.1, 0.15) is 79.2 Å². The van der Waals surface area contributed by atoms with Gasteiger partial charge in [-0.15, -0.1) is 0 Å². The highest BCUT2D eigenvalue weighted by molar-refractivity contribution is 5.74. The molecule has 2 fully saturated rings. The highest BCUT2D eigenvalue weighted by Gasteiger charge is 2.37. The summed E-state index contributed by atoms with van der Waals surface area (Å²) in [7, 11) is 3.24.